The Kier molecular flexibility index (Phi) is 5.75. The van der Waals surface area contributed by atoms with Crippen molar-refractivity contribution >= 4 is 17.8 Å². The lowest BCUT2D eigenvalue weighted by Gasteiger charge is -2.24. The Balaban J connectivity index is 2.64. The van der Waals surface area contributed by atoms with E-state index in [0.717, 1.165) is 6.42 Å². The summed E-state index contributed by atoms with van der Waals surface area (Å²) in [5.74, 6) is -0.780. The highest BCUT2D eigenvalue weighted by Gasteiger charge is 2.26. The molecular formula is C12H21N3O4. The van der Waals surface area contributed by atoms with Crippen molar-refractivity contribution in [2.75, 3.05) is 40.3 Å². The van der Waals surface area contributed by atoms with Crippen LogP contribution in [0.25, 0.3) is 0 Å². The van der Waals surface area contributed by atoms with Crippen molar-refractivity contribution in [3.63, 3.8) is 0 Å². The van der Waals surface area contributed by atoms with E-state index in [9.17, 15) is 14.4 Å². The van der Waals surface area contributed by atoms with Gasteiger partial charge in [0.1, 0.15) is 6.04 Å². The molecule has 0 saturated carbocycles. The van der Waals surface area contributed by atoms with Gasteiger partial charge in [0.05, 0.1) is 13.7 Å². The second-order valence-corrected chi connectivity index (χ2v) is 4.68. The number of carbonyl (C=O) groups excluding carboxylic acids is 3. The first-order chi connectivity index (χ1) is 8.93. The number of likely N-dealkylation sites (N-methyl/N-ethyl adjacent to an activating group) is 1. The molecule has 1 saturated heterocycles. The minimum atomic E-state index is -0.737. The van der Waals surface area contributed by atoms with Gasteiger partial charge in [-0.3, -0.25) is 14.5 Å². The Morgan fingerprint density at radius 1 is 1.42 bits per heavy atom. The van der Waals surface area contributed by atoms with Gasteiger partial charge in [0, 0.05) is 33.6 Å². The van der Waals surface area contributed by atoms with Gasteiger partial charge < -0.3 is 15.0 Å². The average molecular weight is 271 g/mol. The fourth-order valence-corrected chi connectivity index (χ4v) is 2.03. The monoisotopic (exact) mass is 271 g/mol. The maximum absolute atomic E-state index is 11.7. The molecule has 0 spiro atoms. The summed E-state index contributed by atoms with van der Waals surface area (Å²) >= 11 is 0. The number of ether oxygens (including phenoxy) is 1. The zero-order valence-electron chi connectivity index (χ0n) is 11.6. The molecule has 1 unspecified atom stereocenters. The number of rotatable bonds is 4. The Morgan fingerprint density at radius 3 is 2.68 bits per heavy atom. The molecule has 7 nitrogen and oxygen atoms in total. The van der Waals surface area contributed by atoms with Gasteiger partial charge in [0.25, 0.3) is 0 Å². The minimum absolute atomic E-state index is 0.0175. The van der Waals surface area contributed by atoms with Crippen LogP contribution in [0.5, 0.6) is 0 Å². The number of nitrogens with one attached hydrogen (secondary N) is 1. The van der Waals surface area contributed by atoms with Crippen molar-refractivity contribution in [1.82, 2.24) is 15.1 Å². The maximum Gasteiger partial charge on any atom is 0.329 e. The van der Waals surface area contributed by atoms with Crippen LogP contribution in [-0.4, -0.2) is 74.0 Å². The van der Waals surface area contributed by atoms with E-state index in [1.54, 1.807) is 11.9 Å². The second kappa shape index (κ2) is 7.08. The van der Waals surface area contributed by atoms with Crippen molar-refractivity contribution in [3.05, 3.63) is 0 Å². The third kappa shape index (κ3) is 4.86. The van der Waals surface area contributed by atoms with E-state index in [0.29, 0.717) is 13.1 Å². The molecule has 19 heavy (non-hydrogen) atoms. The molecule has 1 atom stereocenters. The first kappa shape index (κ1) is 15.4. The molecule has 1 rings (SSSR count). The molecule has 1 aliphatic heterocycles. The number of hydrogen-bond acceptors (Lipinski definition) is 5. The van der Waals surface area contributed by atoms with Crippen molar-refractivity contribution in [1.29, 1.82) is 0 Å². The summed E-state index contributed by atoms with van der Waals surface area (Å²) in [6.45, 7) is 3.30. The summed E-state index contributed by atoms with van der Waals surface area (Å²) in [6.07, 6.45) is 0.843. The predicted octanol–water partition coefficient (Wildman–Crippen LogP) is -1.17. The molecule has 0 aromatic heterocycles. The van der Waals surface area contributed by atoms with Crippen LogP contribution in [0.4, 0.5) is 0 Å². The molecule has 1 fully saturated rings. The summed E-state index contributed by atoms with van der Waals surface area (Å²) in [6, 6.07) is -0.737. The second-order valence-electron chi connectivity index (χ2n) is 4.68. The number of carbonyl (C=O) groups is 3. The van der Waals surface area contributed by atoms with Crippen LogP contribution in [0.1, 0.15) is 13.3 Å². The molecule has 0 aromatic rings. The van der Waals surface area contributed by atoms with E-state index in [1.165, 1.54) is 14.0 Å². The van der Waals surface area contributed by atoms with E-state index in [2.05, 4.69) is 10.1 Å². The highest BCUT2D eigenvalue weighted by molar-refractivity contribution is 5.83. The SMILES string of the molecule is COC(=O)C(CN1CCCN(C)C(=O)C1)NC(C)=O. The fourth-order valence-electron chi connectivity index (χ4n) is 2.03. The van der Waals surface area contributed by atoms with E-state index in [4.69, 9.17) is 0 Å². The quantitative estimate of drug-likeness (QED) is 0.652. The molecular weight excluding hydrogens is 250 g/mol. The van der Waals surface area contributed by atoms with Gasteiger partial charge in [-0.15, -0.1) is 0 Å². The third-order valence-corrected chi connectivity index (χ3v) is 3.06. The van der Waals surface area contributed by atoms with Gasteiger partial charge >= 0.3 is 5.97 Å². The minimum Gasteiger partial charge on any atom is -0.467 e. The van der Waals surface area contributed by atoms with E-state index in [-0.39, 0.29) is 24.9 Å². The number of nitrogens with zero attached hydrogens (tertiary/aromatic N) is 2. The van der Waals surface area contributed by atoms with Crippen LogP contribution in [0, 0.1) is 0 Å². The standard InChI is InChI=1S/C12H21N3O4/c1-9(16)13-10(12(18)19-3)7-15-6-4-5-14(2)11(17)8-15/h10H,4-8H2,1-3H3,(H,13,16). The molecule has 1 N–H and O–H groups in total. The molecule has 0 bridgehead atoms. The zero-order chi connectivity index (χ0) is 14.4. The highest BCUT2D eigenvalue weighted by atomic mass is 16.5. The predicted molar refractivity (Wildman–Crippen MR) is 68.3 cm³/mol. The number of methoxy groups -OCH3 is 1. The van der Waals surface area contributed by atoms with E-state index >= 15 is 0 Å². The van der Waals surface area contributed by atoms with E-state index < -0.39 is 12.0 Å². The van der Waals surface area contributed by atoms with E-state index in [1.807, 2.05) is 4.90 Å². The van der Waals surface area contributed by atoms with Crippen molar-refractivity contribution in [3.8, 4) is 0 Å². The summed E-state index contributed by atoms with van der Waals surface area (Å²) < 4.78 is 4.66. The molecule has 0 aromatic carbocycles. The Hall–Kier alpha value is -1.63. The van der Waals surface area contributed by atoms with Gasteiger partial charge in [0.2, 0.25) is 11.8 Å². The largest absolute Gasteiger partial charge is 0.467 e. The van der Waals surface area contributed by atoms with Gasteiger partial charge in [-0.25, -0.2) is 4.79 Å². The number of esters is 1. The Bertz CT molecular complexity index is 359. The number of hydrogen-bond donors (Lipinski definition) is 1. The first-order valence-corrected chi connectivity index (χ1v) is 6.25. The molecule has 0 radical (unpaired) electrons. The lowest BCUT2D eigenvalue weighted by Crippen LogP contribution is -2.49. The van der Waals surface area contributed by atoms with Crippen LogP contribution in [0.2, 0.25) is 0 Å². The van der Waals surface area contributed by atoms with Crippen molar-refractivity contribution < 1.29 is 19.1 Å². The topological polar surface area (TPSA) is 79.0 Å². The van der Waals surface area contributed by atoms with Crippen LogP contribution >= 0.6 is 0 Å². The van der Waals surface area contributed by atoms with Gasteiger partial charge in [0.15, 0.2) is 0 Å². The Morgan fingerprint density at radius 2 is 2.11 bits per heavy atom. The molecule has 108 valence electrons. The normalized spacial score (nSPS) is 18.7. The summed E-state index contributed by atoms with van der Waals surface area (Å²) in [5.41, 5.74) is 0. The van der Waals surface area contributed by atoms with Crippen LogP contribution in [-0.2, 0) is 19.1 Å². The first-order valence-electron chi connectivity index (χ1n) is 6.25. The maximum atomic E-state index is 11.7. The average Bonchev–Trinajstić information content (AvgIpc) is 2.50. The highest BCUT2D eigenvalue weighted by Crippen LogP contribution is 2.04. The number of amides is 2. The lowest BCUT2D eigenvalue weighted by atomic mass is 10.2. The van der Waals surface area contributed by atoms with Crippen molar-refractivity contribution in [2.24, 2.45) is 0 Å². The van der Waals surface area contributed by atoms with Gasteiger partial charge in [-0.2, -0.15) is 0 Å². The van der Waals surface area contributed by atoms with Crippen LogP contribution in [0.15, 0.2) is 0 Å². The Labute approximate surface area is 112 Å². The van der Waals surface area contributed by atoms with Gasteiger partial charge in [-0.1, -0.05) is 0 Å². The summed E-state index contributed by atoms with van der Waals surface area (Å²) in [7, 11) is 3.04. The fraction of sp³-hybridized carbons (Fsp3) is 0.750. The van der Waals surface area contributed by atoms with Crippen LogP contribution in [0.3, 0.4) is 0 Å². The molecule has 7 heteroatoms. The van der Waals surface area contributed by atoms with Crippen molar-refractivity contribution in [2.45, 2.75) is 19.4 Å². The zero-order valence-corrected chi connectivity index (χ0v) is 11.6. The third-order valence-electron chi connectivity index (χ3n) is 3.06. The molecule has 1 heterocycles. The molecule has 0 aliphatic carbocycles. The molecule has 2 amide bonds. The molecule has 1 aliphatic rings. The lowest BCUT2D eigenvalue weighted by molar-refractivity contribution is -0.145. The summed E-state index contributed by atoms with van der Waals surface area (Å²) in [5, 5.41) is 2.54. The van der Waals surface area contributed by atoms with Gasteiger partial charge in [-0.05, 0) is 6.42 Å². The smallest absolute Gasteiger partial charge is 0.329 e. The summed E-state index contributed by atoms with van der Waals surface area (Å²) in [4.78, 5) is 38.0. The van der Waals surface area contributed by atoms with Crippen LogP contribution < -0.4 is 5.32 Å².